The minimum absolute atomic E-state index is 0.0211. The van der Waals surface area contributed by atoms with E-state index in [1.165, 1.54) is 22.7 Å². The van der Waals surface area contributed by atoms with E-state index in [9.17, 15) is 14.4 Å². The lowest BCUT2D eigenvalue weighted by molar-refractivity contribution is -0.140. The second-order valence-corrected chi connectivity index (χ2v) is 9.36. The molecule has 1 aliphatic heterocycles. The normalized spacial score (nSPS) is 19.6. The van der Waals surface area contributed by atoms with Crippen molar-refractivity contribution in [2.75, 3.05) is 13.1 Å². The lowest BCUT2D eigenvalue weighted by Gasteiger charge is -2.31. The predicted molar refractivity (Wildman–Crippen MR) is 122 cm³/mol. The number of carbonyl (C=O) groups is 3. The highest BCUT2D eigenvalue weighted by Gasteiger charge is 2.35. The van der Waals surface area contributed by atoms with E-state index in [4.69, 9.17) is 16.2 Å². The number of amides is 2. The number of carboxylic acid groups (broad SMARTS) is 1. The minimum atomic E-state index is -1.01. The van der Waals surface area contributed by atoms with Crippen LogP contribution in [0.1, 0.15) is 49.0 Å². The summed E-state index contributed by atoms with van der Waals surface area (Å²) in [4.78, 5) is 39.6. The van der Waals surface area contributed by atoms with Crippen LogP contribution < -0.4 is 16.4 Å². The maximum Gasteiger partial charge on any atom is 0.317 e. The van der Waals surface area contributed by atoms with Gasteiger partial charge in [0.15, 0.2) is 0 Å². The van der Waals surface area contributed by atoms with E-state index >= 15 is 0 Å². The molecule has 2 heterocycles. The number of carboxylic acids is 1. The predicted octanol–water partition coefficient (Wildman–Crippen LogP) is 1.43. The highest BCUT2D eigenvalue weighted by Crippen LogP contribution is 2.28. The molecule has 2 aliphatic rings. The van der Waals surface area contributed by atoms with Gasteiger partial charge in [-0.1, -0.05) is 44.3 Å². The van der Waals surface area contributed by atoms with Crippen LogP contribution >= 0.6 is 11.3 Å². The van der Waals surface area contributed by atoms with Crippen molar-refractivity contribution in [1.82, 2.24) is 15.5 Å². The second-order valence-electron chi connectivity index (χ2n) is 8.36. The van der Waals surface area contributed by atoms with Crippen LogP contribution in [0.4, 0.5) is 0 Å². The van der Waals surface area contributed by atoms with Crippen LogP contribution in [-0.4, -0.2) is 58.8 Å². The number of carbonyl (C=O) groups excluding carboxylic acids is 2. The Morgan fingerprint density at radius 1 is 1.28 bits per heavy atom. The maximum absolute atomic E-state index is 13.3. The lowest BCUT2D eigenvalue weighted by atomic mass is 9.84. The zero-order chi connectivity index (χ0) is 23.1. The maximum atomic E-state index is 13.3. The summed E-state index contributed by atoms with van der Waals surface area (Å²) < 4.78 is 0. The van der Waals surface area contributed by atoms with E-state index in [0.717, 1.165) is 30.6 Å². The molecular weight excluding hydrogens is 430 g/mol. The smallest absolute Gasteiger partial charge is 0.317 e. The third-order valence-electron chi connectivity index (χ3n) is 6.00. The van der Waals surface area contributed by atoms with Crippen LogP contribution in [0.3, 0.4) is 0 Å². The van der Waals surface area contributed by atoms with E-state index in [2.05, 4.69) is 10.6 Å². The van der Waals surface area contributed by atoms with E-state index < -0.39 is 18.1 Å². The van der Waals surface area contributed by atoms with Crippen molar-refractivity contribution in [2.24, 2.45) is 11.7 Å². The number of hydrogen-bond acceptors (Lipinski definition) is 6. The SMILES string of the molecule is N=C(N)c1csc(CNC(=O)[C@@H]2C=CCN2C(=O)[C@@H](CC2CCCCC2)NCC(=O)O)c1. The van der Waals surface area contributed by atoms with Crippen molar-refractivity contribution >= 4 is 35.0 Å². The standard InChI is InChI=1S/C22H31N5O4S/c23-20(24)15-10-16(32-13-15)11-26-21(30)18-7-4-8-27(18)22(31)17(25-12-19(28)29)9-14-5-2-1-3-6-14/h4,7,10,13-14,17-18,25H,1-3,5-6,8-9,11-12H2,(H3,23,24)(H,26,30)(H,28,29)/t17-,18+/m1/s1. The third kappa shape index (κ3) is 6.39. The number of aliphatic carboxylic acids is 1. The topological polar surface area (TPSA) is 149 Å². The molecule has 3 rings (SSSR count). The van der Waals surface area contributed by atoms with Gasteiger partial charge < -0.3 is 21.1 Å². The molecule has 1 fully saturated rings. The quantitative estimate of drug-likeness (QED) is 0.202. The molecule has 0 spiro atoms. The Bertz CT molecular complexity index is 877. The Morgan fingerprint density at radius 3 is 2.69 bits per heavy atom. The van der Waals surface area contributed by atoms with Crippen LogP contribution in [-0.2, 0) is 20.9 Å². The average Bonchev–Trinajstić information content (AvgIpc) is 3.45. The number of hydrogen-bond donors (Lipinski definition) is 5. The van der Waals surface area contributed by atoms with Crippen LogP contribution in [0, 0.1) is 11.3 Å². The van der Waals surface area contributed by atoms with Gasteiger partial charge in [0.05, 0.1) is 19.1 Å². The summed E-state index contributed by atoms with van der Waals surface area (Å²) in [7, 11) is 0. The zero-order valence-corrected chi connectivity index (χ0v) is 18.8. The van der Waals surface area contributed by atoms with Gasteiger partial charge in [0, 0.05) is 22.4 Å². The molecule has 32 heavy (non-hydrogen) atoms. The Balaban J connectivity index is 1.61. The van der Waals surface area contributed by atoms with Gasteiger partial charge in [-0.15, -0.1) is 11.3 Å². The number of nitrogen functional groups attached to an aromatic ring is 1. The number of thiophene rings is 1. The molecule has 2 atom stereocenters. The van der Waals surface area contributed by atoms with Crippen LogP contribution in [0.5, 0.6) is 0 Å². The number of rotatable bonds is 10. The average molecular weight is 462 g/mol. The molecular formula is C22H31N5O4S. The molecule has 174 valence electrons. The number of amidine groups is 1. The van der Waals surface area contributed by atoms with Crippen molar-refractivity contribution in [1.29, 1.82) is 5.41 Å². The van der Waals surface area contributed by atoms with Crippen LogP contribution in [0.2, 0.25) is 0 Å². The van der Waals surface area contributed by atoms with Gasteiger partial charge in [0.2, 0.25) is 11.8 Å². The minimum Gasteiger partial charge on any atom is -0.480 e. The molecule has 1 saturated carbocycles. The highest BCUT2D eigenvalue weighted by atomic mass is 32.1. The molecule has 2 amide bonds. The lowest BCUT2D eigenvalue weighted by Crippen LogP contribution is -2.53. The molecule has 1 aliphatic carbocycles. The molecule has 0 bridgehead atoms. The first kappa shape index (κ1) is 23.9. The van der Waals surface area contributed by atoms with Gasteiger partial charge >= 0.3 is 5.97 Å². The fourth-order valence-electron chi connectivity index (χ4n) is 4.31. The van der Waals surface area contributed by atoms with E-state index in [1.807, 2.05) is 0 Å². The van der Waals surface area contributed by atoms with Gasteiger partial charge in [-0.3, -0.25) is 25.1 Å². The summed E-state index contributed by atoms with van der Waals surface area (Å²) >= 11 is 1.40. The number of nitrogens with two attached hydrogens (primary N) is 1. The Kier molecular flexibility index (Phi) is 8.40. The van der Waals surface area contributed by atoms with Crippen molar-refractivity contribution in [2.45, 2.75) is 57.2 Å². The van der Waals surface area contributed by atoms with Gasteiger partial charge in [0.25, 0.3) is 0 Å². The van der Waals surface area contributed by atoms with E-state index in [0.29, 0.717) is 24.4 Å². The largest absolute Gasteiger partial charge is 0.480 e. The Hall–Kier alpha value is -2.72. The molecule has 0 saturated heterocycles. The second kappa shape index (κ2) is 11.2. The molecule has 1 aromatic rings. The van der Waals surface area contributed by atoms with Crippen molar-refractivity contribution in [3.05, 3.63) is 34.0 Å². The Morgan fingerprint density at radius 2 is 2.03 bits per heavy atom. The van der Waals surface area contributed by atoms with Crippen molar-refractivity contribution in [3.8, 4) is 0 Å². The molecule has 6 N–H and O–H groups in total. The molecule has 9 nitrogen and oxygen atoms in total. The van der Waals surface area contributed by atoms with Crippen molar-refractivity contribution in [3.63, 3.8) is 0 Å². The molecule has 0 aromatic carbocycles. The van der Waals surface area contributed by atoms with E-state index in [-0.39, 0.29) is 30.7 Å². The fourth-order valence-corrected chi connectivity index (χ4v) is 5.13. The van der Waals surface area contributed by atoms with Crippen LogP contribution in [0.25, 0.3) is 0 Å². The monoisotopic (exact) mass is 461 g/mol. The van der Waals surface area contributed by atoms with Gasteiger partial charge in [-0.2, -0.15) is 0 Å². The third-order valence-corrected chi connectivity index (χ3v) is 6.94. The summed E-state index contributed by atoms with van der Waals surface area (Å²) in [6.45, 7) is 0.310. The number of nitrogens with zero attached hydrogens (tertiary/aromatic N) is 1. The Labute approximate surface area is 191 Å². The van der Waals surface area contributed by atoms with Crippen LogP contribution in [0.15, 0.2) is 23.6 Å². The first-order chi connectivity index (χ1) is 15.3. The summed E-state index contributed by atoms with van der Waals surface area (Å²) in [6.07, 6.45) is 9.64. The van der Waals surface area contributed by atoms with Gasteiger partial charge in [-0.25, -0.2) is 0 Å². The zero-order valence-electron chi connectivity index (χ0n) is 18.0. The number of nitrogens with one attached hydrogen (secondary N) is 3. The first-order valence-corrected chi connectivity index (χ1v) is 11.8. The summed E-state index contributed by atoms with van der Waals surface area (Å²) in [5.74, 6) is -1.18. The fraction of sp³-hybridized carbons (Fsp3) is 0.545. The van der Waals surface area contributed by atoms with E-state index in [1.54, 1.807) is 23.6 Å². The molecule has 0 radical (unpaired) electrons. The molecule has 10 heteroatoms. The van der Waals surface area contributed by atoms with Gasteiger partial charge in [0.1, 0.15) is 11.9 Å². The molecule has 1 aromatic heterocycles. The summed E-state index contributed by atoms with van der Waals surface area (Å²) in [5, 5.41) is 24.1. The summed E-state index contributed by atoms with van der Waals surface area (Å²) in [5.41, 5.74) is 6.10. The van der Waals surface area contributed by atoms with Gasteiger partial charge in [-0.05, 0) is 18.4 Å². The summed E-state index contributed by atoms with van der Waals surface area (Å²) in [6, 6.07) is 0.409. The molecule has 0 unspecified atom stereocenters. The van der Waals surface area contributed by atoms with Crippen molar-refractivity contribution < 1.29 is 19.5 Å². The first-order valence-electron chi connectivity index (χ1n) is 11.0. The highest BCUT2D eigenvalue weighted by molar-refractivity contribution is 7.10.